The Morgan fingerprint density at radius 3 is 3.00 bits per heavy atom. The highest BCUT2D eigenvalue weighted by atomic mass is 16.5. The number of ether oxygens (including phenoxy) is 1. The molecule has 0 aliphatic carbocycles. The second kappa shape index (κ2) is 4.73. The van der Waals surface area contributed by atoms with E-state index in [1.807, 2.05) is 16.7 Å². The number of nitrogens with two attached hydrogens (primary N) is 1. The van der Waals surface area contributed by atoms with Gasteiger partial charge in [0.25, 0.3) is 0 Å². The average Bonchev–Trinajstić information content (AvgIpc) is 3.06. The monoisotopic (exact) mass is 271 g/mol. The molecule has 2 aromatic heterocycles. The fourth-order valence-electron chi connectivity index (χ4n) is 2.12. The minimum atomic E-state index is -0.397. The van der Waals surface area contributed by atoms with Gasteiger partial charge in [0.05, 0.1) is 36.5 Å². The van der Waals surface area contributed by atoms with E-state index in [1.54, 1.807) is 24.5 Å². The molecule has 0 amide bonds. The number of carbonyl (C=O) groups is 1. The molecule has 6 nitrogen and oxygen atoms in total. The lowest BCUT2D eigenvalue weighted by atomic mass is 10.2. The standard InChI is InChI=1S/C14H13N3O3/c1-19-13(18)9-4-5-12-11(7-9)16-14(15)17(12)8-10-3-2-6-20-10/h2-7H,8H2,1H3,(H2,15,16). The fraction of sp³-hybridized carbons (Fsp3) is 0.143. The van der Waals surface area contributed by atoms with Crippen molar-refractivity contribution in [2.75, 3.05) is 12.8 Å². The summed E-state index contributed by atoms with van der Waals surface area (Å²) in [5, 5.41) is 0. The summed E-state index contributed by atoms with van der Waals surface area (Å²) in [7, 11) is 1.34. The lowest BCUT2D eigenvalue weighted by Gasteiger charge is -2.04. The first-order valence-electron chi connectivity index (χ1n) is 6.05. The molecule has 0 fully saturated rings. The van der Waals surface area contributed by atoms with Crippen LogP contribution in [0.2, 0.25) is 0 Å². The van der Waals surface area contributed by atoms with E-state index in [0.717, 1.165) is 11.3 Å². The molecule has 0 saturated heterocycles. The highest BCUT2D eigenvalue weighted by molar-refractivity contribution is 5.94. The molecule has 0 spiro atoms. The molecule has 0 saturated carbocycles. The van der Waals surface area contributed by atoms with Gasteiger partial charge in [0.1, 0.15) is 5.76 Å². The third-order valence-electron chi connectivity index (χ3n) is 3.09. The van der Waals surface area contributed by atoms with Crippen molar-refractivity contribution in [2.45, 2.75) is 6.54 Å². The summed E-state index contributed by atoms with van der Waals surface area (Å²) >= 11 is 0. The molecule has 0 bridgehead atoms. The normalized spacial score (nSPS) is 10.8. The van der Waals surface area contributed by atoms with Crippen LogP contribution >= 0.6 is 0 Å². The Morgan fingerprint density at radius 1 is 1.45 bits per heavy atom. The summed E-state index contributed by atoms with van der Waals surface area (Å²) in [6.45, 7) is 0.493. The number of hydrogen-bond donors (Lipinski definition) is 1. The second-order valence-corrected chi connectivity index (χ2v) is 4.33. The third kappa shape index (κ3) is 2.01. The lowest BCUT2D eigenvalue weighted by Crippen LogP contribution is -2.04. The van der Waals surface area contributed by atoms with Crippen molar-refractivity contribution in [3.8, 4) is 0 Å². The first-order chi connectivity index (χ1) is 9.69. The van der Waals surface area contributed by atoms with Crippen molar-refractivity contribution in [1.29, 1.82) is 0 Å². The number of anilines is 1. The van der Waals surface area contributed by atoms with E-state index in [1.165, 1.54) is 7.11 Å². The van der Waals surface area contributed by atoms with Gasteiger partial charge < -0.3 is 19.5 Å². The molecule has 102 valence electrons. The maximum Gasteiger partial charge on any atom is 0.337 e. The number of benzene rings is 1. The Morgan fingerprint density at radius 2 is 2.30 bits per heavy atom. The van der Waals surface area contributed by atoms with Gasteiger partial charge in [-0.1, -0.05) is 0 Å². The number of esters is 1. The molecule has 3 rings (SSSR count). The molecule has 6 heteroatoms. The van der Waals surface area contributed by atoms with Crippen LogP contribution < -0.4 is 5.73 Å². The molecular weight excluding hydrogens is 258 g/mol. The van der Waals surface area contributed by atoms with Crippen LogP contribution in [0.1, 0.15) is 16.1 Å². The van der Waals surface area contributed by atoms with Gasteiger partial charge in [0.2, 0.25) is 5.95 Å². The summed E-state index contributed by atoms with van der Waals surface area (Å²) in [4.78, 5) is 15.8. The van der Waals surface area contributed by atoms with Crippen molar-refractivity contribution in [1.82, 2.24) is 9.55 Å². The fourth-order valence-corrected chi connectivity index (χ4v) is 2.12. The molecule has 0 unspecified atom stereocenters. The Labute approximate surface area is 114 Å². The van der Waals surface area contributed by atoms with Crippen LogP contribution in [0.25, 0.3) is 11.0 Å². The highest BCUT2D eigenvalue weighted by Crippen LogP contribution is 2.21. The summed E-state index contributed by atoms with van der Waals surface area (Å²) in [6, 6.07) is 8.84. The Kier molecular flexibility index (Phi) is 2.90. The molecule has 0 aliphatic heterocycles. The average molecular weight is 271 g/mol. The van der Waals surface area contributed by atoms with Crippen LogP contribution in [0.15, 0.2) is 41.0 Å². The molecule has 1 aromatic carbocycles. The smallest absolute Gasteiger partial charge is 0.337 e. The van der Waals surface area contributed by atoms with E-state index in [4.69, 9.17) is 10.2 Å². The minimum Gasteiger partial charge on any atom is -0.467 e. The first kappa shape index (κ1) is 12.3. The van der Waals surface area contributed by atoms with Gasteiger partial charge in [-0.25, -0.2) is 9.78 Å². The van der Waals surface area contributed by atoms with E-state index in [2.05, 4.69) is 9.72 Å². The largest absolute Gasteiger partial charge is 0.467 e. The summed E-state index contributed by atoms with van der Waals surface area (Å²) in [5.41, 5.74) is 7.86. The van der Waals surface area contributed by atoms with E-state index < -0.39 is 5.97 Å². The summed E-state index contributed by atoms with van der Waals surface area (Å²) in [6.07, 6.45) is 1.61. The predicted octanol–water partition coefficient (Wildman–Crippen LogP) is 2.05. The number of aromatic nitrogens is 2. The van der Waals surface area contributed by atoms with E-state index in [-0.39, 0.29) is 0 Å². The third-order valence-corrected chi connectivity index (χ3v) is 3.09. The molecule has 0 atom stereocenters. The van der Waals surface area contributed by atoms with E-state index in [0.29, 0.717) is 23.6 Å². The van der Waals surface area contributed by atoms with Gasteiger partial charge in [0, 0.05) is 0 Å². The number of imidazole rings is 1. The van der Waals surface area contributed by atoms with Crippen molar-refractivity contribution in [2.24, 2.45) is 0 Å². The maximum absolute atomic E-state index is 11.5. The quantitative estimate of drug-likeness (QED) is 0.737. The number of nitrogen functional groups attached to an aromatic ring is 1. The molecule has 3 aromatic rings. The first-order valence-corrected chi connectivity index (χ1v) is 6.05. The molecular formula is C14H13N3O3. The maximum atomic E-state index is 11.5. The van der Waals surface area contributed by atoms with Crippen LogP contribution in [-0.2, 0) is 11.3 Å². The molecule has 0 radical (unpaired) electrons. The zero-order chi connectivity index (χ0) is 14.1. The number of nitrogens with zero attached hydrogens (tertiary/aromatic N) is 2. The van der Waals surface area contributed by atoms with Crippen LogP contribution in [0.4, 0.5) is 5.95 Å². The van der Waals surface area contributed by atoms with E-state index >= 15 is 0 Å². The predicted molar refractivity (Wildman–Crippen MR) is 73.3 cm³/mol. The number of furan rings is 1. The van der Waals surface area contributed by atoms with Crippen molar-refractivity contribution in [3.05, 3.63) is 47.9 Å². The van der Waals surface area contributed by atoms with Crippen LogP contribution in [0, 0.1) is 0 Å². The zero-order valence-electron chi connectivity index (χ0n) is 10.9. The topological polar surface area (TPSA) is 83.3 Å². The zero-order valence-corrected chi connectivity index (χ0v) is 10.9. The van der Waals surface area contributed by atoms with Crippen LogP contribution in [0.5, 0.6) is 0 Å². The number of carbonyl (C=O) groups excluding carboxylic acids is 1. The SMILES string of the molecule is COC(=O)c1ccc2c(c1)nc(N)n2Cc1ccco1. The molecule has 2 N–H and O–H groups in total. The lowest BCUT2D eigenvalue weighted by molar-refractivity contribution is 0.0601. The Bertz CT molecular complexity index is 759. The summed E-state index contributed by atoms with van der Waals surface area (Å²) in [5.74, 6) is 0.762. The molecule has 20 heavy (non-hydrogen) atoms. The number of hydrogen-bond acceptors (Lipinski definition) is 5. The Balaban J connectivity index is 2.05. The number of methoxy groups -OCH3 is 1. The van der Waals surface area contributed by atoms with E-state index in [9.17, 15) is 4.79 Å². The molecule has 2 heterocycles. The van der Waals surface area contributed by atoms with Gasteiger partial charge in [-0.15, -0.1) is 0 Å². The van der Waals surface area contributed by atoms with Gasteiger partial charge in [-0.05, 0) is 30.3 Å². The van der Waals surface area contributed by atoms with Crippen LogP contribution in [-0.4, -0.2) is 22.6 Å². The Hall–Kier alpha value is -2.76. The van der Waals surface area contributed by atoms with Crippen molar-refractivity contribution >= 4 is 23.0 Å². The molecule has 0 aliphatic rings. The van der Waals surface area contributed by atoms with Gasteiger partial charge in [0.15, 0.2) is 0 Å². The minimum absolute atomic E-state index is 0.374. The van der Waals surface area contributed by atoms with Gasteiger partial charge >= 0.3 is 5.97 Å². The van der Waals surface area contributed by atoms with Crippen molar-refractivity contribution < 1.29 is 13.9 Å². The highest BCUT2D eigenvalue weighted by Gasteiger charge is 2.13. The van der Waals surface area contributed by atoms with Crippen LogP contribution in [0.3, 0.4) is 0 Å². The number of fused-ring (bicyclic) bond motifs is 1. The van der Waals surface area contributed by atoms with Crippen molar-refractivity contribution in [3.63, 3.8) is 0 Å². The van der Waals surface area contributed by atoms with Gasteiger partial charge in [-0.2, -0.15) is 0 Å². The summed E-state index contributed by atoms with van der Waals surface area (Å²) < 4.78 is 11.8. The van der Waals surface area contributed by atoms with Gasteiger partial charge in [-0.3, -0.25) is 0 Å². The number of rotatable bonds is 3. The second-order valence-electron chi connectivity index (χ2n) is 4.33.